The van der Waals surface area contributed by atoms with E-state index in [0.717, 1.165) is 29.3 Å². The summed E-state index contributed by atoms with van der Waals surface area (Å²) >= 11 is 0. The normalized spacial score (nSPS) is 16.8. The van der Waals surface area contributed by atoms with Crippen molar-refractivity contribution in [1.29, 1.82) is 0 Å². The Bertz CT molecular complexity index is 709. The van der Waals surface area contributed by atoms with Gasteiger partial charge in [0, 0.05) is 35.8 Å². The quantitative estimate of drug-likeness (QED) is 0.846. The molecule has 3 rings (SSSR count). The Labute approximate surface area is 135 Å². The number of halogens is 1. The molecule has 23 heavy (non-hydrogen) atoms. The SMILES string of the molecule is CC(C)(C)OC(=O)N1CCC(c2c(F)ccc3[nH]ccc23)CC1. The molecule has 2 aromatic rings. The van der Waals surface area contributed by atoms with Crippen molar-refractivity contribution in [3.05, 3.63) is 35.8 Å². The fraction of sp³-hybridized carbons (Fsp3) is 0.500. The van der Waals surface area contributed by atoms with Gasteiger partial charge in [0.05, 0.1) is 0 Å². The summed E-state index contributed by atoms with van der Waals surface area (Å²) in [6, 6.07) is 5.21. The number of likely N-dealkylation sites (tertiary alicyclic amines) is 1. The van der Waals surface area contributed by atoms with Gasteiger partial charge >= 0.3 is 6.09 Å². The van der Waals surface area contributed by atoms with Crippen LogP contribution in [0.25, 0.3) is 10.9 Å². The number of nitrogens with zero attached hydrogens (tertiary/aromatic N) is 1. The van der Waals surface area contributed by atoms with Crippen LogP contribution in [-0.2, 0) is 4.74 Å². The molecule has 0 spiro atoms. The summed E-state index contributed by atoms with van der Waals surface area (Å²) in [5.74, 6) is -0.0268. The molecule has 0 atom stereocenters. The van der Waals surface area contributed by atoms with Gasteiger partial charge in [-0.1, -0.05) is 0 Å². The number of H-pyrrole nitrogens is 1. The van der Waals surface area contributed by atoms with E-state index in [4.69, 9.17) is 4.74 Å². The largest absolute Gasteiger partial charge is 0.444 e. The number of ether oxygens (including phenoxy) is 1. The highest BCUT2D eigenvalue weighted by Crippen LogP contribution is 2.35. The minimum absolute atomic E-state index is 0.133. The number of carbonyl (C=O) groups is 1. The van der Waals surface area contributed by atoms with E-state index < -0.39 is 5.60 Å². The number of hydrogen-bond donors (Lipinski definition) is 1. The zero-order valence-electron chi connectivity index (χ0n) is 13.9. The van der Waals surface area contributed by atoms with Gasteiger partial charge in [-0.2, -0.15) is 0 Å². The number of aromatic amines is 1. The highest BCUT2D eigenvalue weighted by Gasteiger charge is 2.29. The zero-order chi connectivity index (χ0) is 16.6. The molecule has 1 aromatic heterocycles. The molecule has 1 N–H and O–H groups in total. The average Bonchev–Trinajstić information content (AvgIpc) is 2.94. The second-order valence-electron chi connectivity index (χ2n) is 7.14. The van der Waals surface area contributed by atoms with Gasteiger partial charge in [-0.3, -0.25) is 0 Å². The fourth-order valence-electron chi connectivity index (χ4n) is 3.22. The molecule has 124 valence electrons. The summed E-state index contributed by atoms with van der Waals surface area (Å²) in [7, 11) is 0. The standard InChI is InChI=1S/C18H23FN2O2/c1-18(2,3)23-17(22)21-10-7-12(8-11-21)16-13-6-9-20-15(13)5-4-14(16)19/h4-6,9,12,20H,7-8,10-11H2,1-3H3. The number of amides is 1. The number of benzene rings is 1. The van der Waals surface area contributed by atoms with Gasteiger partial charge in [-0.05, 0) is 57.7 Å². The van der Waals surface area contributed by atoms with E-state index in [1.54, 1.807) is 11.0 Å². The predicted octanol–water partition coefficient (Wildman–Crippen LogP) is 4.42. The summed E-state index contributed by atoms with van der Waals surface area (Å²) in [4.78, 5) is 17.0. The van der Waals surface area contributed by atoms with Gasteiger partial charge in [-0.25, -0.2) is 9.18 Å². The van der Waals surface area contributed by atoms with Crippen molar-refractivity contribution in [2.75, 3.05) is 13.1 Å². The lowest BCUT2D eigenvalue weighted by molar-refractivity contribution is 0.0204. The summed E-state index contributed by atoms with van der Waals surface area (Å²) in [5.41, 5.74) is 1.24. The van der Waals surface area contributed by atoms with Crippen LogP contribution in [0.15, 0.2) is 24.4 Å². The number of hydrogen-bond acceptors (Lipinski definition) is 2. The molecule has 0 unspecified atom stereocenters. The first-order valence-electron chi connectivity index (χ1n) is 8.08. The molecule has 0 aliphatic carbocycles. The van der Waals surface area contributed by atoms with E-state index in [1.807, 2.05) is 33.0 Å². The van der Waals surface area contributed by atoms with Crippen molar-refractivity contribution < 1.29 is 13.9 Å². The maximum atomic E-state index is 14.3. The summed E-state index contributed by atoms with van der Waals surface area (Å²) in [6.07, 6.45) is 3.06. The van der Waals surface area contributed by atoms with Crippen molar-refractivity contribution >= 4 is 17.0 Å². The van der Waals surface area contributed by atoms with Crippen LogP contribution in [0.4, 0.5) is 9.18 Å². The Kier molecular flexibility index (Phi) is 4.04. The molecule has 1 aliphatic rings. The van der Waals surface area contributed by atoms with Crippen LogP contribution >= 0.6 is 0 Å². The monoisotopic (exact) mass is 318 g/mol. The van der Waals surface area contributed by atoms with Crippen molar-refractivity contribution in [3.8, 4) is 0 Å². The smallest absolute Gasteiger partial charge is 0.410 e. The molecular weight excluding hydrogens is 295 g/mol. The third-order valence-electron chi connectivity index (χ3n) is 4.28. The topological polar surface area (TPSA) is 45.3 Å². The van der Waals surface area contributed by atoms with Crippen LogP contribution in [0.5, 0.6) is 0 Å². The van der Waals surface area contributed by atoms with Gasteiger partial charge < -0.3 is 14.6 Å². The molecule has 1 fully saturated rings. The van der Waals surface area contributed by atoms with Crippen LogP contribution in [0.3, 0.4) is 0 Å². The zero-order valence-corrected chi connectivity index (χ0v) is 13.9. The summed E-state index contributed by atoms with van der Waals surface area (Å²) in [6.45, 7) is 6.78. The van der Waals surface area contributed by atoms with E-state index in [0.29, 0.717) is 13.1 Å². The second-order valence-corrected chi connectivity index (χ2v) is 7.14. The molecule has 1 saturated heterocycles. The minimum atomic E-state index is -0.489. The van der Waals surface area contributed by atoms with E-state index in [9.17, 15) is 9.18 Å². The summed E-state index contributed by atoms with van der Waals surface area (Å²) in [5, 5.41) is 0.945. The van der Waals surface area contributed by atoms with Crippen molar-refractivity contribution in [2.45, 2.75) is 45.1 Å². The Hall–Kier alpha value is -2.04. The van der Waals surface area contributed by atoms with E-state index in [2.05, 4.69) is 4.98 Å². The van der Waals surface area contributed by atoms with Crippen LogP contribution in [-0.4, -0.2) is 34.7 Å². The lowest BCUT2D eigenvalue weighted by Crippen LogP contribution is -2.41. The number of aromatic nitrogens is 1. The van der Waals surface area contributed by atoms with Gasteiger partial charge in [0.25, 0.3) is 0 Å². The van der Waals surface area contributed by atoms with Crippen molar-refractivity contribution in [1.82, 2.24) is 9.88 Å². The molecule has 1 aromatic carbocycles. The average molecular weight is 318 g/mol. The number of carbonyl (C=O) groups excluding carboxylic acids is 1. The molecule has 0 radical (unpaired) electrons. The maximum Gasteiger partial charge on any atom is 0.410 e. The molecule has 0 saturated carbocycles. The van der Waals surface area contributed by atoms with Crippen molar-refractivity contribution in [3.63, 3.8) is 0 Å². The van der Waals surface area contributed by atoms with Gasteiger partial charge in [0.2, 0.25) is 0 Å². The second kappa shape index (κ2) is 5.87. The lowest BCUT2D eigenvalue weighted by Gasteiger charge is -2.33. The van der Waals surface area contributed by atoms with Crippen LogP contribution < -0.4 is 0 Å². The van der Waals surface area contributed by atoms with Gasteiger partial charge in [0.1, 0.15) is 11.4 Å². The Morgan fingerprint density at radius 2 is 1.96 bits per heavy atom. The summed E-state index contributed by atoms with van der Waals surface area (Å²) < 4.78 is 19.7. The molecular formula is C18H23FN2O2. The predicted molar refractivity (Wildman–Crippen MR) is 88.0 cm³/mol. The van der Waals surface area contributed by atoms with Gasteiger partial charge in [0.15, 0.2) is 0 Å². The van der Waals surface area contributed by atoms with E-state index in [1.165, 1.54) is 6.07 Å². The molecule has 0 bridgehead atoms. The molecule has 1 aliphatic heterocycles. The third kappa shape index (κ3) is 3.33. The molecule has 4 nitrogen and oxygen atoms in total. The van der Waals surface area contributed by atoms with Crippen LogP contribution in [0.2, 0.25) is 0 Å². The lowest BCUT2D eigenvalue weighted by atomic mass is 9.87. The Morgan fingerprint density at radius 3 is 2.61 bits per heavy atom. The highest BCUT2D eigenvalue weighted by molar-refractivity contribution is 5.83. The first-order valence-corrected chi connectivity index (χ1v) is 8.08. The fourth-order valence-corrected chi connectivity index (χ4v) is 3.22. The minimum Gasteiger partial charge on any atom is -0.444 e. The van der Waals surface area contributed by atoms with E-state index >= 15 is 0 Å². The molecule has 5 heteroatoms. The maximum absolute atomic E-state index is 14.3. The Morgan fingerprint density at radius 1 is 1.26 bits per heavy atom. The first-order chi connectivity index (χ1) is 10.8. The number of rotatable bonds is 1. The van der Waals surface area contributed by atoms with Crippen LogP contribution in [0, 0.1) is 5.82 Å². The highest BCUT2D eigenvalue weighted by atomic mass is 19.1. The van der Waals surface area contributed by atoms with Crippen LogP contribution in [0.1, 0.15) is 45.1 Å². The van der Waals surface area contributed by atoms with Crippen molar-refractivity contribution in [2.24, 2.45) is 0 Å². The number of nitrogens with one attached hydrogen (secondary N) is 1. The molecule has 2 heterocycles. The van der Waals surface area contributed by atoms with Gasteiger partial charge in [-0.15, -0.1) is 0 Å². The first kappa shape index (κ1) is 15.8. The number of fused-ring (bicyclic) bond motifs is 1. The van der Waals surface area contributed by atoms with E-state index in [-0.39, 0.29) is 17.8 Å². The number of piperidine rings is 1. The Balaban J connectivity index is 1.72. The molecule has 1 amide bonds. The third-order valence-corrected chi connectivity index (χ3v) is 4.28.